The third kappa shape index (κ3) is 4.86. The molecule has 2 aromatic heterocycles. The molecule has 148 valence electrons. The standard InChI is InChI=1S/C19H23N5O3S/c1-12(2)23-18-16(19(25)20-6-7-28(3,26)27)9-14-8-13(4-5-17(14)24-18)15-10-21-22-11-15/h4-5,8-12H,6-7H2,1-3H3,(H,20,25)(H,21,22)(H,23,24). The van der Waals surface area contributed by atoms with Crippen molar-refractivity contribution in [3.63, 3.8) is 0 Å². The lowest BCUT2D eigenvalue weighted by molar-refractivity contribution is 0.0957. The van der Waals surface area contributed by atoms with Gasteiger partial charge < -0.3 is 10.6 Å². The number of fused-ring (bicyclic) bond motifs is 1. The predicted molar refractivity (Wildman–Crippen MR) is 110 cm³/mol. The first-order valence-corrected chi connectivity index (χ1v) is 11.0. The summed E-state index contributed by atoms with van der Waals surface area (Å²) >= 11 is 0. The molecule has 0 atom stereocenters. The maximum atomic E-state index is 12.7. The Balaban J connectivity index is 1.97. The second-order valence-electron chi connectivity index (χ2n) is 6.96. The fourth-order valence-electron chi connectivity index (χ4n) is 2.77. The smallest absolute Gasteiger partial charge is 0.255 e. The zero-order chi connectivity index (χ0) is 20.3. The first-order valence-electron chi connectivity index (χ1n) is 8.89. The number of H-pyrrole nitrogens is 1. The molecule has 9 heteroatoms. The molecule has 0 bridgehead atoms. The number of aromatic amines is 1. The first kappa shape index (κ1) is 19.8. The van der Waals surface area contributed by atoms with Crippen molar-refractivity contribution in [3.8, 4) is 11.1 Å². The molecular weight excluding hydrogens is 378 g/mol. The molecule has 3 rings (SSSR count). The van der Waals surface area contributed by atoms with Crippen LogP contribution >= 0.6 is 0 Å². The molecule has 0 unspecified atom stereocenters. The van der Waals surface area contributed by atoms with Crippen molar-refractivity contribution in [2.24, 2.45) is 0 Å². The lowest BCUT2D eigenvalue weighted by Crippen LogP contribution is -2.30. The second kappa shape index (κ2) is 7.97. The topological polar surface area (TPSA) is 117 Å². The van der Waals surface area contributed by atoms with Gasteiger partial charge in [0, 0.05) is 36.0 Å². The van der Waals surface area contributed by atoms with Gasteiger partial charge in [0.1, 0.15) is 15.7 Å². The van der Waals surface area contributed by atoms with Gasteiger partial charge in [-0.25, -0.2) is 13.4 Å². The van der Waals surface area contributed by atoms with Gasteiger partial charge in [0.05, 0.1) is 23.0 Å². The maximum absolute atomic E-state index is 12.7. The lowest BCUT2D eigenvalue weighted by Gasteiger charge is -2.15. The molecule has 0 saturated heterocycles. The van der Waals surface area contributed by atoms with Crippen LogP contribution in [0.15, 0.2) is 36.7 Å². The fraction of sp³-hybridized carbons (Fsp3) is 0.316. The monoisotopic (exact) mass is 401 g/mol. The Labute approximate surface area is 163 Å². The minimum Gasteiger partial charge on any atom is -0.367 e. The minimum atomic E-state index is -3.15. The molecule has 0 aliphatic carbocycles. The van der Waals surface area contributed by atoms with E-state index in [0.29, 0.717) is 11.4 Å². The van der Waals surface area contributed by atoms with Gasteiger partial charge in [-0.05, 0) is 37.6 Å². The van der Waals surface area contributed by atoms with Crippen molar-refractivity contribution >= 4 is 32.5 Å². The summed E-state index contributed by atoms with van der Waals surface area (Å²) in [6.07, 6.45) is 4.66. The Bertz CT molecular complexity index is 1090. The number of anilines is 1. The van der Waals surface area contributed by atoms with Crippen molar-refractivity contribution in [2.45, 2.75) is 19.9 Å². The van der Waals surface area contributed by atoms with Gasteiger partial charge in [0.25, 0.3) is 5.91 Å². The van der Waals surface area contributed by atoms with E-state index in [4.69, 9.17) is 0 Å². The largest absolute Gasteiger partial charge is 0.367 e. The SMILES string of the molecule is CC(C)Nc1nc2ccc(-c3cn[nH]c3)cc2cc1C(=O)NCCS(C)(=O)=O. The van der Waals surface area contributed by atoms with Crippen LogP contribution in [0.2, 0.25) is 0 Å². The summed E-state index contributed by atoms with van der Waals surface area (Å²) < 4.78 is 22.6. The summed E-state index contributed by atoms with van der Waals surface area (Å²) in [7, 11) is -3.15. The van der Waals surface area contributed by atoms with E-state index in [9.17, 15) is 13.2 Å². The van der Waals surface area contributed by atoms with E-state index in [1.54, 1.807) is 18.5 Å². The third-order valence-corrected chi connectivity index (χ3v) is 5.02. The number of nitrogens with one attached hydrogen (secondary N) is 3. The summed E-state index contributed by atoms with van der Waals surface area (Å²) in [4.78, 5) is 17.3. The van der Waals surface area contributed by atoms with Crippen LogP contribution in [-0.2, 0) is 9.84 Å². The summed E-state index contributed by atoms with van der Waals surface area (Å²) in [6.45, 7) is 3.96. The molecule has 3 aromatic rings. The van der Waals surface area contributed by atoms with Gasteiger partial charge >= 0.3 is 0 Å². The van der Waals surface area contributed by atoms with Gasteiger partial charge in [-0.3, -0.25) is 9.89 Å². The van der Waals surface area contributed by atoms with Crippen molar-refractivity contribution in [3.05, 3.63) is 42.2 Å². The van der Waals surface area contributed by atoms with Crippen LogP contribution < -0.4 is 10.6 Å². The van der Waals surface area contributed by atoms with E-state index in [1.165, 1.54) is 0 Å². The molecule has 3 N–H and O–H groups in total. The number of sulfone groups is 1. The van der Waals surface area contributed by atoms with E-state index in [1.807, 2.05) is 32.0 Å². The Morgan fingerprint density at radius 2 is 2.00 bits per heavy atom. The first-order chi connectivity index (χ1) is 13.2. The Hall–Kier alpha value is -2.94. The predicted octanol–water partition coefficient (Wildman–Crippen LogP) is 2.22. The number of amides is 1. The van der Waals surface area contributed by atoms with Crippen LogP contribution in [-0.4, -0.2) is 54.1 Å². The summed E-state index contributed by atoms with van der Waals surface area (Å²) in [5.41, 5.74) is 3.02. The second-order valence-corrected chi connectivity index (χ2v) is 9.22. The van der Waals surface area contributed by atoms with Crippen LogP contribution in [0.1, 0.15) is 24.2 Å². The molecular formula is C19H23N5O3S. The van der Waals surface area contributed by atoms with Gasteiger partial charge in [0.2, 0.25) is 0 Å². The zero-order valence-corrected chi connectivity index (χ0v) is 16.8. The van der Waals surface area contributed by atoms with Crippen LogP contribution in [0.5, 0.6) is 0 Å². The van der Waals surface area contributed by atoms with E-state index in [-0.39, 0.29) is 24.2 Å². The molecule has 2 heterocycles. The van der Waals surface area contributed by atoms with E-state index in [2.05, 4.69) is 25.8 Å². The number of carbonyl (C=O) groups excluding carboxylic acids is 1. The van der Waals surface area contributed by atoms with Crippen molar-refractivity contribution in [1.82, 2.24) is 20.5 Å². The number of carbonyl (C=O) groups is 1. The quantitative estimate of drug-likeness (QED) is 0.559. The number of benzene rings is 1. The van der Waals surface area contributed by atoms with Crippen LogP contribution in [0.4, 0.5) is 5.82 Å². The molecule has 1 aromatic carbocycles. The van der Waals surface area contributed by atoms with Gasteiger partial charge in [-0.15, -0.1) is 0 Å². The van der Waals surface area contributed by atoms with E-state index >= 15 is 0 Å². The highest BCUT2D eigenvalue weighted by Crippen LogP contribution is 2.26. The number of hydrogen-bond acceptors (Lipinski definition) is 6. The highest BCUT2D eigenvalue weighted by atomic mass is 32.2. The number of rotatable bonds is 7. The summed E-state index contributed by atoms with van der Waals surface area (Å²) in [6, 6.07) is 7.64. The molecule has 28 heavy (non-hydrogen) atoms. The molecule has 8 nitrogen and oxygen atoms in total. The average molecular weight is 401 g/mol. The Morgan fingerprint density at radius 1 is 1.21 bits per heavy atom. The molecule has 0 fully saturated rings. The van der Waals surface area contributed by atoms with Crippen LogP contribution in [0, 0.1) is 0 Å². The fourth-order valence-corrected chi connectivity index (χ4v) is 3.24. The summed E-state index contributed by atoms with van der Waals surface area (Å²) in [5, 5.41) is 13.4. The van der Waals surface area contributed by atoms with Crippen molar-refractivity contribution in [1.29, 1.82) is 0 Å². The number of hydrogen-bond donors (Lipinski definition) is 3. The third-order valence-electron chi connectivity index (χ3n) is 4.07. The normalized spacial score (nSPS) is 11.7. The van der Waals surface area contributed by atoms with Crippen LogP contribution in [0.3, 0.4) is 0 Å². The molecule has 0 spiro atoms. The highest BCUT2D eigenvalue weighted by Gasteiger charge is 2.16. The van der Waals surface area contributed by atoms with E-state index in [0.717, 1.165) is 28.3 Å². The van der Waals surface area contributed by atoms with Gasteiger partial charge in [-0.1, -0.05) is 6.07 Å². The Morgan fingerprint density at radius 3 is 2.64 bits per heavy atom. The van der Waals surface area contributed by atoms with E-state index < -0.39 is 9.84 Å². The molecule has 0 saturated carbocycles. The summed E-state index contributed by atoms with van der Waals surface area (Å²) in [5.74, 6) is -0.0116. The van der Waals surface area contributed by atoms with Gasteiger partial charge in [-0.2, -0.15) is 5.10 Å². The van der Waals surface area contributed by atoms with Crippen LogP contribution in [0.25, 0.3) is 22.0 Å². The highest BCUT2D eigenvalue weighted by molar-refractivity contribution is 7.90. The molecule has 1 amide bonds. The number of nitrogens with zero attached hydrogens (tertiary/aromatic N) is 2. The average Bonchev–Trinajstić information content (AvgIpc) is 3.13. The van der Waals surface area contributed by atoms with Crippen molar-refractivity contribution in [2.75, 3.05) is 23.9 Å². The lowest BCUT2D eigenvalue weighted by atomic mass is 10.0. The molecule has 0 aliphatic heterocycles. The number of pyridine rings is 1. The number of aromatic nitrogens is 3. The maximum Gasteiger partial charge on any atom is 0.255 e. The zero-order valence-electron chi connectivity index (χ0n) is 16.0. The molecule has 0 aliphatic rings. The van der Waals surface area contributed by atoms with Gasteiger partial charge in [0.15, 0.2) is 0 Å². The molecule has 0 radical (unpaired) electrons. The van der Waals surface area contributed by atoms with Crippen molar-refractivity contribution < 1.29 is 13.2 Å². The minimum absolute atomic E-state index is 0.0475. The Kier molecular flexibility index (Phi) is 5.64.